The van der Waals surface area contributed by atoms with Crippen molar-refractivity contribution in [1.82, 2.24) is 15.6 Å². The number of urea groups is 1. The number of para-hydroxylation sites is 1. The van der Waals surface area contributed by atoms with Crippen LogP contribution < -0.4 is 21.7 Å². The number of nitrogens with two attached hydrogens (primary N) is 1. The highest BCUT2D eigenvalue weighted by Crippen LogP contribution is 2.39. The maximum absolute atomic E-state index is 14.1. The van der Waals surface area contributed by atoms with Crippen LogP contribution in [0.3, 0.4) is 0 Å². The van der Waals surface area contributed by atoms with Crippen LogP contribution in [0, 0.1) is 4.91 Å². The zero-order valence-electron chi connectivity index (χ0n) is 24.6. The van der Waals surface area contributed by atoms with Gasteiger partial charge >= 0.3 is 11.7 Å². The Morgan fingerprint density at radius 1 is 1.00 bits per heavy atom. The van der Waals surface area contributed by atoms with Gasteiger partial charge in [0.25, 0.3) is 4.92 Å². The summed E-state index contributed by atoms with van der Waals surface area (Å²) in [7, 11) is 1.28. The van der Waals surface area contributed by atoms with Crippen molar-refractivity contribution in [3.63, 3.8) is 0 Å². The van der Waals surface area contributed by atoms with Gasteiger partial charge in [0.1, 0.15) is 5.54 Å². The number of aromatic nitrogens is 1. The van der Waals surface area contributed by atoms with Gasteiger partial charge in [-0.3, -0.25) is 4.79 Å². The minimum Gasteiger partial charge on any atom is -0.399 e. The zero-order valence-corrected chi connectivity index (χ0v) is 24.6. The number of amides is 3. The fourth-order valence-corrected chi connectivity index (χ4v) is 6.10. The number of nitrogens with one attached hydrogen (secondary N) is 4. The number of anilines is 2. The molecule has 1 heterocycles. The van der Waals surface area contributed by atoms with Crippen LogP contribution in [0.25, 0.3) is 10.9 Å². The highest BCUT2D eigenvalue weighted by molar-refractivity contribution is 5.96. The molecule has 5 rings (SSSR count). The third-order valence-electron chi connectivity index (χ3n) is 8.53. The van der Waals surface area contributed by atoms with Crippen molar-refractivity contribution < 1.29 is 19.3 Å². The van der Waals surface area contributed by atoms with E-state index in [1.165, 1.54) is 31.2 Å². The molecule has 10 heteroatoms. The largest absolute Gasteiger partial charge is 0.399 e. The second kappa shape index (κ2) is 12.6. The first kappa shape index (κ1) is 29.6. The number of nitrogen functional groups attached to an aromatic ring is 1. The minimum absolute atomic E-state index is 0.203. The SMILES string of the molecule is CO[N+](=O)c1ccc(NC(=O)NC(C)(Cc2c[nH]c3ccccc23)C(=O)NCC2(c3ccc(N)cc3)CCCCC2)cc1. The second-order valence-corrected chi connectivity index (χ2v) is 11.6. The maximum atomic E-state index is 14.1. The summed E-state index contributed by atoms with van der Waals surface area (Å²) in [6.45, 7) is 2.20. The van der Waals surface area contributed by atoms with E-state index in [0.717, 1.165) is 42.1 Å². The van der Waals surface area contributed by atoms with Crippen molar-refractivity contribution >= 4 is 39.9 Å². The average molecular weight is 584 g/mol. The molecule has 10 nitrogen and oxygen atoms in total. The number of hydrogen-bond acceptors (Lipinski definition) is 5. The van der Waals surface area contributed by atoms with Gasteiger partial charge in [0, 0.05) is 59.0 Å². The molecule has 1 fully saturated rings. The molecular weight excluding hydrogens is 544 g/mol. The van der Waals surface area contributed by atoms with Crippen LogP contribution in [0.15, 0.2) is 79.0 Å². The van der Waals surface area contributed by atoms with E-state index in [1.54, 1.807) is 19.1 Å². The molecule has 1 unspecified atom stereocenters. The molecule has 0 bridgehead atoms. The van der Waals surface area contributed by atoms with E-state index >= 15 is 0 Å². The summed E-state index contributed by atoms with van der Waals surface area (Å²) in [6.07, 6.45) is 7.42. The first-order chi connectivity index (χ1) is 20.7. The number of H-pyrrole nitrogens is 1. The number of carbonyl (C=O) groups is 2. The zero-order chi connectivity index (χ0) is 30.5. The summed E-state index contributed by atoms with van der Waals surface area (Å²) in [5.41, 5.74) is 8.98. The Bertz CT molecular complexity index is 1590. The van der Waals surface area contributed by atoms with Crippen LogP contribution in [0.4, 0.5) is 21.9 Å². The van der Waals surface area contributed by atoms with Gasteiger partial charge in [-0.1, -0.05) is 49.6 Å². The fourth-order valence-electron chi connectivity index (χ4n) is 6.10. The first-order valence-corrected chi connectivity index (χ1v) is 14.6. The van der Waals surface area contributed by atoms with Gasteiger partial charge in [0.15, 0.2) is 7.11 Å². The van der Waals surface area contributed by atoms with Gasteiger partial charge in [0.2, 0.25) is 5.91 Å². The van der Waals surface area contributed by atoms with E-state index in [1.807, 2.05) is 42.6 Å². The quantitative estimate of drug-likeness (QED) is 0.117. The Kier molecular flexibility index (Phi) is 8.66. The van der Waals surface area contributed by atoms with E-state index in [4.69, 9.17) is 5.73 Å². The molecule has 224 valence electrons. The highest BCUT2D eigenvalue weighted by Gasteiger charge is 2.39. The first-order valence-electron chi connectivity index (χ1n) is 14.6. The fraction of sp³-hybridized carbons (Fsp3) is 0.333. The lowest BCUT2D eigenvalue weighted by molar-refractivity contribution is -0.736. The minimum atomic E-state index is -1.28. The summed E-state index contributed by atoms with van der Waals surface area (Å²) in [5, 5.41) is 9.95. The van der Waals surface area contributed by atoms with Crippen LogP contribution in [-0.4, -0.2) is 41.0 Å². The number of rotatable bonds is 10. The van der Waals surface area contributed by atoms with Crippen molar-refractivity contribution in [1.29, 1.82) is 0 Å². The van der Waals surface area contributed by atoms with Crippen LogP contribution in [0.1, 0.15) is 50.2 Å². The van der Waals surface area contributed by atoms with Crippen LogP contribution in [-0.2, 0) is 21.5 Å². The van der Waals surface area contributed by atoms with E-state index in [2.05, 4.69) is 37.9 Å². The molecule has 0 radical (unpaired) electrons. The number of benzene rings is 3. The third kappa shape index (κ3) is 6.63. The molecule has 6 N–H and O–H groups in total. The Morgan fingerprint density at radius 2 is 1.70 bits per heavy atom. The van der Waals surface area contributed by atoms with Crippen molar-refractivity contribution in [3.05, 3.63) is 95.0 Å². The smallest absolute Gasteiger partial charge is 0.320 e. The van der Waals surface area contributed by atoms with E-state index in [9.17, 15) is 14.5 Å². The van der Waals surface area contributed by atoms with Gasteiger partial charge in [0.05, 0.1) is 4.91 Å². The number of nitrogens with zero attached hydrogens (tertiary/aromatic N) is 1. The van der Waals surface area contributed by atoms with Gasteiger partial charge in [-0.2, -0.15) is 0 Å². The Labute approximate surface area is 250 Å². The van der Waals surface area contributed by atoms with Crippen LogP contribution >= 0.6 is 0 Å². The number of aromatic amines is 1. The topological polar surface area (TPSA) is 141 Å². The molecule has 0 aliphatic heterocycles. The molecule has 43 heavy (non-hydrogen) atoms. The Hall–Kier alpha value is -4.86. The van der Waals surface area contributed by atoms with Gasteiger partial charge in [-0.05, 0) is 61.2 Å². The predicted molar refractivity (Wildman–Crippen MR) is 168 cm³/mol. The summed E-state index contributed by atoms with van der Waals surface area (Å²) in [6, 6.07) is 21.5. The molecule has 1 saturated carbocycles. The average Bonchev–Trinajstić information content (AvgIpc) is 3.42. The van der Waals surface area contributed by atoms with Crippen molar-refractivity contribution in [2.24, 2.45) is 0 Å². The number of hydrogen-bond donors (Lipinski definition) is 5. The summed E-state index contributed by atoms with van der Waals surface area (Å²) in [5.74, 6) is -0.272. The molecule has 1 aromatic heterocycles. The summed E-state index contributed by atoms with van der Waals surface area (Å²) >= 11 is 0. The van der Waals surface area contributed by atoms with Gasteiger partial charge in [-0.25, -0.2) is 9.63 Å². The lowest BCUT2D eigenvalue weighted by Crippen LogP contribution is -2.60. The normalized spacial score (nSPS) is 15.7. The van der Waals surface area contributed by atoms with Gasteiger partial charge in [-0.15, -0.1) is 0 Å². The van der Waals surface area contributed by atoms with Crippen LogP contribution in [0.2, 0.25) is 0 Å². The molecule has 0 spiro atoms. The standard InChI is InChI=1S/C33H38N6O4/c1-32(20-23-21-35-29-9-5-4-8-28(23)29,38-31(41)37-26-14-16-27(17-15-26)39(42)43-2)30(40)36-22-33(18-6-3-7-19-33)24-10-12-25(34)13-11-24/h4-5,8-17,21,35H,3,6-7,18-20,22,34H2,1-2H3,(H2-,36,37,38,40,41,42)/p+1. The lowest BCUT2D eigenvalue weighted by atomic mass is 9.69. The summed E-state index contributed by atoms with van der Waals surface area (Å²) in [4.78, 5) is 47.4. The molecule has 3 amide bonds. The summed E-state index contributed by atoms with van der Waals surface area (Å²) < 4.78 is 0. The Morgan fingerprint density at radius 3 is 2.40 bits per heavy atom. The molecule has 1 atom stereocenters. The highest BCUT2D eigenvalue weighted by atomic mass is 16.8. The molecule has 0 saturated heterocycles. The van der Waals surface area contributed by atoms with E-state index < -0.39 is 11.6 Å². The van der Waals surface area contributed by atoms with Crippen molar-refractivity contribution in [3.8, 4) is 0 Å². The lowest BCUT2D eigenvalue weighted by Gasteiger charge is -2.39. The van der Waals surface area contributed by atoms with Crippen molar-refractivity contribution in [2.45, 2.75) is 56.4 Å². The number of fused-ring (bicyclic) bond motifs is 1. The van der Waals surface area contributed by atoms with Gasteiger partial charge < -0.3 is 26.7 Å². The predicted octanol–water partition coefficient (Wildman–Crippen LogP) is 5.86. The maximum Gasteiger partial charge on any atom is 0.320 e. The third-order valence-corrected chi connectivity index (χ3v) is 8.53. The van der Waals surface area contributed by atoms with E-state index in [-0.39, 0.29) is 23.4 Å². The molecule has 1 aliphatic carbocycles. The van der Waals surface area contributed by atoms with Crippen molar-refractivity contribution in [2.75, 3.05) is 24.7 Å². The molecule has 3 aromatic carbocycles. The second-order valence-electron chi connectivity index (χ2n) is 11.6. The number of carbonyl (C=O) groups excluding carboxylic acids is 2. The molecular formula is C33H39N6O4+. The molecule has 1 aliphatic rings. The van der Waals surface area contributed by atoms with Crippen LogP contribution in [0.5, 0.6) is 0 Å². The monoisotopic (exact) mass is 583 g/mol. The Balaban J connectivity index is 1.38. The molecule has 4 aromatic rings. The van der Waals surface area contributed by atoms with E-state index in [0.29, 0.717) is 22.8 Å².